The molecule has 3 atom stereocenters. The van der Waals surface area contributed by atoms with Crippen LogP contribution in [0.5, 0.6) is 5.75 Å². The second-order valence-electron chi connectivity index (χ2n) is 8.97. The van der Waals surface area contributed by atoms with Crippen molar-refractivity contribution >= 4 is 23.7 Å². The summed E-state index contributed by atoms with van der Waals surface area (Å²) in [5, 5.41) is 26.1. The van der Waals surface area contributed by atoms with Gasteiger partial charge in [0.05, 0.1) is 12.6 Å². The fourth-order valence-electron chi connectivity index (χ4n) is 3.19. The van der Waals surface area contributed by atoms with Gasteiger partial charge in [-0.05, 0) is 48.8 Å². The highest BCUT2D eigenvalue weighted by Crippen LogP contribution is 2.11. The highest BCUT2D eigenvalue weighted by atomic mass is 16.4. The molecule has 7 N–H and O–H groups in total. The van der Waals surface area contributed by atoms with Crippen molar-refractivity contribution in [2.75, 3.05) is 6.54 Å². The fraction of sp³-hybridized carbons (Fsp3) is 0.565. The zero-order valence-electron chi connectivity index (χ0n) is 19.6. The van der Waals surface area contributed by atoms with Crippen molar-refractivity contribution in [3.63, 3.8) is 0 Å². The van der Waals surface area contributed by atoms with Crippen molar-refractivity contribution in [3.05, 3.63) is 29.8 Å². The monoisotopic (exact) mass is 464 g/mol. The number of nitrogens with one attached hydrogen (secondary N) is 3. The quantitative estimate of drug-likeness (QED) is 0.247. The minimum absolute atomic E-state index is 0.0670. The zero-order valence-corrected chi connectivity index (χ0v) is 19.6. The molecule has 0 aliphatic carbocycles. The number of carboxylic acids is 1. The van der Waals surface area contributed by atoms with Crippen LogP contribution in [0.25, 0.3) is 0 Å². The first-order valence-corrected chi connectivity index (χ1v) is 11.0. The average Bonchev–Trinajstić information content (AvgIpc) is 2.71. The molecule has 3 unspecified atom stereocenters. The van der Waals surface area contributed by atoms with E-state index in [2.05, 4.69) is 16.0 Å². The highest BCUT2D eigenvalue weighted by molar-refractivity contribution is 5.92. The highest BCUT2D eigenvalue weighted by Gasteiger charge is 2.26. The molecule has 1 rings (SSSR count). The Bertz CT molecular complexity index is 810. The largest absolute Gasteiger partial charge is 0.508 e. The van der Waals surface area contributed by atoms with Gasteiger partial charge in [-0.3, -0.25) is 14.4 Å². The predicted molar refractivity (Wildman–Crippen MR) is 123 cm³/mol. The molecule has 184 valence electrons. The summed E-state index contributed by atoms with van der Waals surface area (Å²) in [6, 6.07) is 3.45. The van der Waals surface area contributed by atoms with E-state index in [0.29, 0.717) is 6.42 Å². The molecule has 0 aliphatic rings. The number of carbonyl (C=O) groups excluding carboxylic acids is 3. The number of hydrogen-bond acceptors (Lipinski definition) is 6. The van der Waals surface area contributed by atoms with Crippen molar-refractivity contribution < 1.29 is 29.4 Å². The van der Waals surface area contributed by atoms with E-state index < -0.39 is 48.4 Å². The lowest BCUT2D eigenvalue weighted by molar-refractivity contribution is -0.142. The van der Waals surface area contributed by atoms with Crippen LogP contribution >= 0.6 is 0 Å². The van der Waals surface area contributed by atoms with E-state index in [9.17, 15) is 29.4 Å². The summed E-state index contributed by atoms with van der Waals surface area (Å²) in [7, 11) is 0. The Morgan fingerprint density at radius 2 is 1.42 bits per heavy atom. The first-order chi connectivity index (χ1) is 15.4. The molecule has 0 bridgehead atoms. The minimum Gasteiger partial charge on any atom is -0.508 e. The topological polar surface area (TPSA) is 171 Å². The lowest BCUT2D eigenvalue weighted by atomic mass is 10.0. The number of hydrogen-bond donors (Lipinski definition) is 6. The molecule has 10 nitrogen and oxygen atoms in total. The molecule has 3 amide bonds. The molecule has 0 spiro atoms. The van der Waals surface area contributed by atoms with Gasteiger partial charge < -0.3 is 31.9 Å². The Balaban J connectivity index is 2.67. The Morgan fingerprint density at radius 3 is 1.94 bits per heavy atom. The average molecular weight is 465 g/mol. The third kappa shape index (κ3) is 10.8. The van der Waals surface area contributed by atoms with E-state index in [4.69, 9.17) is 5.73 Å². The first-order valence-electron chi connectivity index (χ1n) is 11.0. The number of aromatic hydroxyl groups is 1. The van der Waals surface area contributed by atoms with Crippen molar-refractivity contribution in [2.24, 2.45) is 17.6 Å². The summed E-state index contributed by atoms with van der Waals surface area (Å²) < 4.78 is 0. The van der Waals surface area contributed by atoms with Gasteiger partial charge >= 0.3 is 5.97 Å². The molecule has 0 heterocycles. The zero-order chi connectivity index (χ0) is 25.1. The number of rotatable bonds is 13. The Hall–Kier alpha value is -3.14. The van der Waals surface area contributed by atoms with E-state index >= 15 is 0 Å². The van der Waals surface area contributed by atoms with Gasteiger partial charge in [-0.25, -0.2) is 4.79 Å². The molecule has 0 saturated heterocycles. The molecule has 33 heavy (non-hydrogen) atoms. The van der Waals surface area contributed by atoms with E-state index in [1.54, 1.807) is 12.1 Å². The van der Waals surface area contributed by atoms with Crippen molar-refractivity contribution in [1.29, 1.82) is 0 Å². The number of aliphatic carboxylic acids is 1. The van der Waals surface area contributed by atoms with Crippen LogP contribution in [0.15, 0.2) is 24.3 Å². The van der Waals surface area contributed by atoms with Crippen molar-refractivity contribution in [2.45, 2.75) is 65.1 Å². The van der Waals surface area contributed by atoms with Gasteiger partial charge in [-0.15, -0.1) is 0 Å². The molecular weight excluding hydrogens is 428 g/mol. The maximum atomic E-state index is 12.6. The molecule has 0 aromatic heterocycles. The maximum Gasteiger partial charge on any atom is 0.326 e. The number of phenolic OH excluding ortho intramolecular Hbond substituents is 1. The lowest BCUT2D eigenvalue weighted by Gasteiger charge is -2.22. The second kappa shape index (κ2) is 13.4. The minimum atomic E-state index is -1.14. The number of carboxylic acid groups (broad SMARTS) is 1. The summed E-state index contributed by atoms with van der Waals surface area (Å²) in [5.41, 5.74) is 6.74. The van der Waals surface area contributed by atoms with Gasteiger partial charge in [-0.1, -0.05) is 39.8 Å². The number of amides is 3. The van der Waals surface area contributed by atoms with Crippen molar-refractivity contribution in [1.82, 2.24) is 16.0 Å². The molecule has 1 aromatic carbocycles. The van der Waals surface area contributed by atoms with Crippen LogP contribution in [-0.2, 0) is 25.6 Å². The van der Waals surface area contributed by atoms with Crippen LogP contribution in [0.2, 0.25) is 0 Å². The van der Waals surface area contributed by atoms with Crippen LogP contribution in [0.3, 0.4) is 0 Å². The molecule has 0 radical (unpaired) electrons. The Kier molecular flexibility index (Phi) is 11.3. The van der Waals surface area contributed by atoms with E-state index in [-0.39, 0.29) is 30.4 Å². The summed E-state index contributed by atoms with van der Waals surface area (Å²) in [6.07, 6.45) is 0.813. The Morgan fingerprint density at radius 1 is 0.879 bits per heavy atom. The molecule has 10 heteroatoms. The van der Waals surface area contributed by atoms with Crippen LogP contribution in [0.4, 0.5) is 0 Å². The van der Waals surface area contributed by atoms with Crippen LogP contribution in [0, 0.1) is 11.8 Å². The number of carbonyl (C=O) groups is 4. The Labute approximate surface area is 194 Å². The number of benzene rings is 1. The molecule has 0 aliphatic heterocycles. The first kappa shape index (κ1) is 27.9. The van der Waals surface area contributed by atoms with Crippen LogP contribution in [0.1, 0.15) is 46.1 Å². The van der Waals surface area contributed by atoms with Gasteiger partial charge in [-0.2, -0.15) is 0 Å². The van der Waals surface area contributed by atoms with Gasteiger partial charge in [0.2, 0.25) is 17.7 Å². The summed E-state index contributed by atoms with van der Waals surface area (Å²) in [6.45, 7) is 7.05. The summed E-state index contributed by atoms with van der Waals surface area (Å²) >= 11 is 0. The second-order valence-corrected chi connectivity index (χ2v) is 8.97. The number of nitrogens with two attached hydrogens (primary N) is 1. The van der Waals surface area contributed by atoms with Gasteiger partial charge in [0.25, 0.3) is 0 Å². The maximum absolute atomic E-state index is 12.6. The standard InChI is InChI=1S/C23H36N4O6/c1-13(2)9-18(27-21(30)17(24)11-15-5-7-16(28)8-6-15)22(31)25-12-20(29)26-19(23(32)33)10-14(3)4/h5-8,13-14,17-19,28H,9-12,24H2,1-4H3,(H,25,31)(H,26,29)(H,27,30)(H,32,33). The van der Waals surface area contributed by atoms with Crippen LogP contribution in [-0.4, -0.2) is 58.6 Å². The number of phenols is 1. The van der Waals surface area contributed by atoms with E-state index in [0.717, 1.165) is 5.56 Å². The summed E-state index contributed by atoms with van der Waals surface area (Å²) in [5.74, 6) is -2.60. The van der Waals surface area contributed by atoms with Gasteiger partial charge in [0.15, 0.2) is 0 Å². The van der Waals surface area contributed by atoms with E-state index in [1.807, 2.05) is 27.7 Å². The SMILES string of the molecule is CC(C)CC(NC(=O)CNC(=O)C(CC(C)C)NC(=O)C(N)Cc1ccc(O)cc1)C(=O)O. The van der Waals surface area contributed by atoms with Gasteiger partial charge in [0.1, 0.15) is 17.8 Å². The third-order valence-electron chi connectivity index (χ3n) is 4.83. The molecular formula is C23H36N4O6. The smallest absolute Gasteiger partial charge is 0.326 e. The summed E-state index contributed by atoms with van der Waals surface area (Å²) in [4.78, 5) is 48.6. The van der Waals surface area contributed by atoms with Crippen LogP contribution < -0.4 is 21.7 Å². The molecule has 0 fully saturated rings. The lowest BCUT2D eigenvalue weighted by Crippen LogP contribution is -2.54. The molecule has 0 saturated carbocycles. The third-order valence-corrected chi connectivity index (χ3v) is 4.83. The molecule has 1 aromatic rings. The van der Waals surface area contributed by atoms with Gasteiger partial charge in [0, 0.05) is 0 Å². The normalized spacial score (nSPS) is 13.8. The van der Waals surface area contributed by atoms with Crippen molar-refractivity contribution in [3.8, 4) is 5.75 Å². The van der Waals surface area contributed by atoms with E-state index in [1.165, 1.54) is 12.1 Å². The fourth-order valence-corrected chi connectivity index (χ4v) is 3.19. The predicted octanol–water partition coefficient (Wildman–Crippen LogP) is 0.525.